The summed E-state index contributed by atoms with van der Waals surface area (Å²) in [6, 6.07) is 43.4. The Morgan fingerprint density at radius 1 is 0.462 bits per heavy atom. The van der Waals surface area contributed by atoms with Gasteiger partial charge < -0.3 is 19.9 Å². The van der Waals surface area contributed by atoms with Crippen molar-refractivity contribution in [3.05, 3.63) is 164 Å². The van der Waals surface area contributed by atoms with Gasteiger partial charge in [-0.1, -0.05) is 121 Å². The third kappa shape index (κ3) is 6.45. The third-order valence-corrected chi connectivity index (χ3v) is 6.55. The van der Waals surface area contributed by atoms with E-state index < -0.39 is 11.2 Å². The Labute approximate surface area is 229 Å². The Balaban J connectivity index is 1.42. The maximum Gasteiger partial charge on any atom is 0.344 e. The number of nitrogens with zero attached hydrogens (tertiary/aromatic N) is 2. The van der Waals surface area contributed by atoms with Gasteiger partial charge in [0.2, 0.25) is 0 Å². The molecule has 0 atom stereocenters. The molecule has 0 radical (unpaired) electrons. The molecule has 0 aliphatic rings. The van der Waals surface area contributed by atoms with E-state index in [1.54, 1.807) is 0 Å². The third-order valence-electron chi connectivity index (χ3n) is 6.55. The summed E-state index contributed by atoms with van der Waals surface area (Å²) < 4.78 is 12.7. The fourth-order valence-corrected chi connectivity index (χ4v) is 4.64. The SMILES string of the molecule is [O-][N+]#CC(OCCCCCOC(C#[N+][O-])(c1ccccc1)c1ccccc1)(c1ccccc1)c1ccccc1. The summed E-state index contributed by atoms with van der Waals surface area (Å²) in [6.07, 6.45) is 2.23. The first-order valence-corrected chi connectivity index (χ1v) is 12.9. The highest BCUT2D eigenvalue weighted by Gasteiger charge is 2.41. The molecule has 0 bridgehead atoms. The van der Waals surface area contributed by atoms with Crippen LogP contribution in [0.5, 0.6) is 0 Å². The van der Waals surface area contributed by atoms with Crippen LogP contribution in [-0.4, -0.2) is 13.2 Å². The molecule has 0 aromatic heterocycles. The van der Waals surface area contributed by atoms with Crippen LogP contribution < -0.4 is 0 Å². The van der Waals surface area contributed by atoms with Crippen molar-refractivity contribution < 1.29 is 9.47 Å². The van der Waals surface area contributed by atoms with Crippen molar-refractivity contribution in [3.63, 3.8) is 0 Å². The Kier molecular flexibility index (Phi) is 9.69. The topological polar surface area (TPSA) is 73.3 Å². The number of benzene rings is 4. The molecule has 0 saturated heterocycles. The molecule has 0 N–H and O–H groups in total. The van der Waals surface area contributed by atoms with Crippen LogP contribution in [0, 0.1) is 22.6 Å². The Morgan fingerprint density at radius 2 is 0.744 bits per heavy atom. The first-order valence-electron chi connectivity index (χ1n) is 12.9. The zero-order valence-electron chi connectivity index (χ0n) is 21.6. The maximum atomic E-state index is 11.4. The zero-order chi connectivity index (χ0) is 27.2. The molecule has 6 heteroatoms. The van der Waals surface area contributed by atoms with Crippen molar-refractivity contribution in [1.29, 1.82) is 0 Å². The zero-order valence-corrected chi connectivity index (χ0v) is 21.6. The van der Waals surface area contributed by atoms with Gasteiger partial charge in [-0.15, -0.1) is 0 Å². The van der Waals surface area contributed by atoms with Crippen LogP contribution in [0.1, 0.15) is 41.5 Å². The van der Waals surface area contributed by atoms with Crippen LogP contribution in [0.4, 0.5) is 0 Å². The van der Waals surface area contributed by atoms with Crippen LogP contribution in [0.25, 0.3) is 10.0 Å². The molecular weight excluding hydrogens is 488 g/mol. The fraction of sp³-hybridized carbons (Fsp3) is 0.212. The molecule has 0 aliphatic heterocycles. The van der Waals surface area contributed by atoms with Gasteiger partial charge >= 0.3 is 12.1 Å². The molecule has 4 rings (SSSR count). The van der Waals surface area contributed by atoms with Gasteiger partial charge in [-0.2, -0.15) is 0 Å². The molecule has 0 spiro atoms. The fourth-order valence-electron chi connectivity index (χ4n) is 4.64. The lowest BCUT2D eigenvalue weighted by Gasteiger charge is -2.26. The van der Waals surface area contributed by atoms with Crippen molar-refractivity contribution in [3.8, 4) is 12.1 Å². The van der Waals surface area contributed by atoms with Crippen molar-refractivity contribution >= 4 is 0 Å². The van der Waals surface area contributed by atoms with Crippen molar-refractivity contribution in [2.75, 3.05) is 13.2 Å². The molecule has 0 fully saturated rings. The predicted molar refractivity (Wildman–Crippen MR) is 154 cm³/mol. The standard InChI is InChI=1S/C33H30N2O4/c36-34-26-32(28-16-6-1-7-17-28,29-18-8-2-9-19-29)38-24-14-5-15-25-39-33(27-35-37,30-20-10-3-11-21-30)31-22-12-4-13-23-31/h1-4,6-13,16-23H,5,14-15,24-25H2. The molecule has 196 valence electrons. The highest BCUT2D eigenvalue weighted by atomic mass is 16.5. The van der Waals surface area contributed by atoms with Crippen molar-refractivity contribution in [2.24, 2.45) is 0 Å². The molecule has 4 aromatic rings. The summed E-state index contributed by atoms with van der Waals surface area (Å²) in [4.78, 5) is 0. The molecular formula is C33H30N2O4. The van der Waals surface area contributed by atoms with E-state index in [0.717, 1.165) is 28.7 Å². The second kappa shape index (κ2) is 13.8. The smallest absolute Gasteiger partial charge is 0.344 e. The highest BCUT2D eigenvalue weighted by molar-refractivity contribution is 5.45. The predicted octanol–water partition coefficient (Wildman–Crippen LogP) is 7.74. The Hall–Kier alpha value is -4.62. The number of unbranched alkanes of at least 4 members (excludes halogenated alkanes) is 2. The monoisotopic (exact) mass is 518 g/mol. The van der Waals surface area contributed by atoms with E-state index in [2.05, 4.69) is 22.2 Å². The van der Waals surface area contributed by atoms with Crippen molar-refractivity contribution in [1.82, 2.24) is 0 Å². The molecule has 4 aromatic carbocycles. The lowest BCUT2D eigenvalue weighted by molar-refractivity contribution is 0.0132. The molecule has 0 saturated carbocycles. The summed E-state index contributed by atoms with van der Waals surface area (Å²) >= 11 is 0. The summed E-state index contributed by atoms with van der Waals surface area (Å²) in [5, 5.41) is 28.9. The second-order valence-electron chi connectivity index (χ2n) is 8.99. The van der Waals surface area contributed by atoms with E-state index in [4.69, 9.17) is 9.47 Å². The molecule has 6 nitrogen and oxygen atoms in total. The van der Waals surface area contributed by atoms with E-state index >= 15 is 0 Å². The van der Waals surface area contributed by atoms with E-state index in [1.165, 1.54) is 0 Å². The minimum Gasteiger partial charge on any atom is -0.498 e. The molecule has 0 heterocycles. The number of hydrogen-bond donors (Lipinski definition) is 0. The van der Waals surface area contributed by atoms with E-state index in [9.17, 15) is 10.4 Å². The summed E-state index contributed by atoms with van der Waals surface area (Å²) in [5.41, 5.74) is 0.722. The normalized spacial score (nSPS) is 11.1. The van der Waals surface area contributed by atoms with Crippen molar-refractivity contribution in [2.45, 2.75) is 30.5 Å². The highest BCUT2D eigenvalue weighted by Crippen LogP contribution is 2.35. The Morgan fingerprint density at radius 3 is 1.00 bits per heavy atom. The summed E-state index contributed by atoms with van der Waals surface area (Å²) in [5.74, 6) is 0. The van der Waals surface area contributed by atoms with Gasteiger partial charge in [0.15, 0.2) is 0 Å². The minimum atomic E-state index is -1.20. The van der Waals surface area contributed by atoms with Crippen LogP contribution >= 0.6 is 0 Å². The van der Waals surface area contributed by atoms with E-state index in [-0.39, 0.29) is 0 Å². The molecule has 0 unspecified atom stereocenters. The minimum absolute atomic E-state index is 0.378. The van der Waals surface area contributed by atoms with Gasteiger partial charge in [0.05, 0.1) is 0 Å². The van der Waals surface area contributed by atoms with Gasteiger partial charge in [0, 0.05) is 45.5 Å². The molecule has 39 heavy (non-hydrogen) atoms. The first-order chi connectivity index (χ1) is 19.2. The van der Waals surface area contributed by atoms with Crippen LogP contribution in [-0.2, 0) is 20.7 Å². The summed E-state index contributed by atoms with van der Waals surface area (Å²) in [6.45, 7) is 0.756. The molecule has 0 aliphatic carbocycles. The van der Waals surface area contributed by atoms with Gasteiger partial charge in [0.1, 0.15) is 0 Å². The average Bonchev–Trinajstić information content (AvgIpc) is 3.01. The van der Waals surface area contributed by atoms with E-state index in [1.807, 2.05) is 121 Å². The van der Waals surface area contributed by atoms with E-state index in [0.29, 0.717) is 26.1 Å². The average molecular weight is 519 g/mol. The molecule has 0 amide bonds. The second-order valence-corrected chi connectivity index (χ2v) is 8.99. The number of rotatable bonds is 12. The number of ether oxygens (including phenoxy) is 2. The van der Waals surface area contributed by atoms with Gasteiger partial charge in [-0.3, -0.25) is 0 Å². The number of hydrogen-bond acceptors (Lipinski definition) is 4. The maximum absolute atomic E-state index is 11.4. The lowest BCUT2D eigenvalue weighted by Crippen LogP contribution is -2.30. The van der Waals surface area contributed by atoms with Gasteiger partial charge in [-0.05, 0) is 19.3 Å². The largest absolute Gasteiger partial charge is 0.498 e. The quantitative estimate of drug-likeness (QED) is 0.142. The van der Waals surface area contributed by atoms with Gasteiger partial charge in [0.25, 0.3) is 11.2 Å². The van der Waals surface area contributed by atoms with Crippen LogP contribution in [0.2, 0.25) is 0 Å². The van der Waals surface area contributed by atoms with Crippen LogP contribution in [0.3, 0.4) is 0 Å². The van der Waals surface area contributed by atoms with Crippen LogP contribution in [0.15, 0.2) is 121 Å². The Bertz CT molecular complexity index is 1220. The van der Waals surface area contributed by atoms with Gasteiger partial charge in [-0.25, -0.2) is 0 Å². The lowest BCUT2D eigenvalue weighted by atomic mass is 9.87. The summed E-state index contributed by atoms with van der Waals surface area (Å²) in [7, 11) is 0. The first kappa shape index (κ1) is 27.4.